The molecule has 160 valence electrons. The minimum absolute atomic E-state index is 0.0682. The number of nitrogens with one attached hydrogen (secondary N) is 3. The number of aromatic amines is 1. The minimum atomic E-state index is -0.728. The molecule has 1 aliphatic heterocycles. The molecule has 0 bridgehead atoms. The highest BCUT2D eigenvalue weighted by Crippen LogP contribution is 2.22. The van der Waals surface area contributed by atoms with Crippen LogP contribution in [0.3, 0.4) is 0 Å². The average Bonchev–Trinajstić information content (AvgIpc) is 2.76. The van der Waals surface area contributed by atoms with Gasteiger partial charge in [-0.3, -0.25) is 9.59 Å². The van der Waals surface area contributed by atoms with E-state index in [2.05, 4.69) is 37.4 Å². The van der Waals surface area contributed by atoms with E-state index in [0.29, 0.717) is 5.69 Å². The topological polar surface area (TPSA) is 93.4 Å². The first-order valence-electron chi connectivity index (χ1n) is 9.95. The lowest BCUT2D eigenvalue weighted by molar-refractivity contribution is 0.102. The number of anilines is 4. The fraction of sp³-hybridized carbons (Fsp3) is 0.227. The molecular weight excluding hydrogens is 399 g/mol. The van der Waals surface area contributed by atoms with Gasteiger partial charge in [0.05, 0.1) is 11.4 Å². The number of hydrogen-bond acceptors (Lipinski definition) is 6. The minimum Gasteiger partial charge on any atom is -0.369 e. The molecule has 9 heteroatoms. The summed E-state index contributed by atoms with van der Waals surface area (Å²) in [5, 5.41) is 5.52. The van der Waals surface area contributed by atoms with Crippen LogP contribution in [0, 0.1) is 5.95 Å². The van der Waals surface area contributed by atoms with E-state index in [9.17, 15) is 14.0 Å². The molecule has 1 fully saturated rings. The number of carbonyl (C=O) groups is 1. The van der Waals surface area contributed by atoms with Gasteiger partial charge in [0.15, 0.2) is 0 Å². The molecular formula is C22H23FN6O2. The van der Waals surface area contributed by atoms with Gasteiger partial charge in [0.1, 0.15) is 5.56 Å². The summed E-state index contributed by atoms with van der Waals surface area (Å²) in [7, 11) is 2.10. The normalized spacial score (nSPS) is 14.3. The standard InChI is InChI=1S/C22H23FN6O2/c1-28-11-13-29(14-12-28)16-6-4-15(5-7-16)26-22(31)19-17(8-10-25-21(19)30)27-18-3-2-9-24-20(18)23/h2-10H,11-14H2,1H3,(H,26,31)(H2,25,27,30). The lowest BCUT2D eigenvalue weighted by Gasteiger charge is -2.34. The zero-order valence-electron chi connectivity index (χ0n) is 17.1. The third-order valence-electron chi connectivity index (χ3n) is 5.21. The van der Waals surface area contributed by atoms with E-state index in [1.54, 1.807) is 18.2 Å². The Morgan fingerprint density at radius 1 is 1.06 bits per heavy atom. The Bertz CT molecular complexity index is 1120. The molecule has 2 aromatic heterocycles. The second kappa shape index (κ2) is 8.97. The number of rotatable bonds is 5. The van der Waals surface area contributed by atoms with Gasteiger partial charge in [0.2, 0.25) is 5.95 Å². The molecule has 0 radical (unpaired) electrons. The van der Waals surface area contributed by atoms with Gasteiger partial charge < -0.3 is 25.4 Å². The van der Waals surface area contributed by atoms with E-state index < -0.39 is 17.4 Å². The van der Waals surface area contributed by atoms with Crippen molar-refractivity contribution in [3.8, 4) is 0 Å². The molecule has 0 saturated carbocycles. The van der Waals surface area contributed by atoms with E-state index in [-0.39, 0.29) is 16.9 Å². The molecule has 1 aliphatic rings. The summed E-state index contributed by atoms with van der Waals surface area (Å²) in [5.41, 5.74) is 1.17. The van der Waals surface area contributed by atoms with Crippen LogP contribution in [0.2, 0.25) is 0 Å². The summed E-state index contributed by atoms with van der Waals surface area (Å²) in [4.78, 5) is 35.8. The van der Waals surface area contributed by atoms with E-state index in [4.69, 9.17) is 0 Å². The monoisotopic (exact) mass is 422 g/mol. The lowest BCUT2D eigenvalue weighted by atomic mass is 10.2. The number of nitrogens with zero attached hydrogens (tertiary/aromatic N) is 3. The molecule has 1 saturated heterocycles. The second-order valence-electron chi connectivity index (χ2n) is 7.35. The van der Waals surface area contributed by atoms with Crippen LogP contribution in [0.15, 0.2) is 59.7 Å². The predicted molar refractivity (Wildman–Crippen MR) is 119 cm³/mol. The number of piperazine rings is 1. The van der Waals surface area contributed by atoms with Gasteiger partial charge in [-0.1, -0.05) is 0 Å². The summed E-state index contributed by atoms with van der Waals surface area (Å²) in [6.45, 7) is 3.90. The Labute approximate surface area is 178 Å². The number of pyridine rings is 2. The maximum atomic E-state index is 13.9. The van der Waals surface area contributed by atoms with Gasteiger partial charge in [-0.25, -0.2) is 4.98 Å². The highest BCUT2D eigenvalue weighted by atomic mass is 19.1. The molecule has 31 heavy (non-hydrogen) atoms. The van der Waals surface area contributed by atoms with Crippen molar-refractivity contribution < 1.29 is 9.18 Å². The highest BCUT2D eigenvalue weighted by molar-refractivity contribution is 6.08. The number of aromatic nitrogens is 2. The number of halogens is 1. The number of carbonyl (C=O) groups excluding carboxylic acids is 1. The Balaban J connectivity index is 1.51. The molecule has 0 aliphatic carbocycles. The first-order chi connectivity index (χ1) is 15.0. The summed E-state index contributed by atoms with van der Waals surface area (Å²) in [6, 6.07) is 12.0. The van der Waals surface area contributed by atoms with Crippen molar-refractivity contribution in [2.24, 2.45) is 0 Å². The molecule has 8 nitrogen and oxygen atoms in total. The van der Waals surface area contributed by atoms with E-state index in [1.807, 2.05) is 12.1 Å². The van der Waals surface area contributed by atoms with Crippen molar-refractivity contribution in [2.75, 3.05) is 48.8 Å². The summed E-state index contributed by atoms with van der Waals surface area (Å²) in [6.07, 6.45) is 2.71. The smallest absolute Gasteiger partial charge is 0.263 e. The van der Waals surface area contributed by atoms with Crippen molar-refractivity contribution >= 4 is 28.7 Å². The van der Waals surface area contributed by atoms with Crippen LogP contribution in [-0.2, 0) is 0 Å². The first kappa shape index (κ1) is 20.5. The number of likely N-dealkylation sites (N-methyl/N-ethyl adjacent to an activating group) is 1. The van der Waals surface area contributed by atoms with Gasteiger partial charge in [-0.2, -0.15) is 4.39 Å². The summed E-state index contributed by atoms with van der Waals surface area (Å²) < 4.78 is 13.9. The molecule has 0 spiro atoms. The number of benzene rings is 1. The average molecular weight is 422 g/mol. The lowest BCUT2D eigenvalue weighted by Crippen LogP contribution is -2.44. The van der Waals surface area contributed by atoms with E-state index >= 15 is 0 Å². The van der Waals surface area contributed by atoms with Gasteiger partial charge in [-0.15, -0.1) is 0 Å². The second-order valence-corrected chi connectivity index (χ2v) is 7.35. The molecule has 4 rings (SSSR count). The van der Waals surface area contributed by atoms with Crippen molar-refractivity contribution in [2.45, 2.75) is 0 Å². The third kappa shape index (κ3) is 4.72. The number of hydrogen-bond donors (Lipinski definition) is 3. The van der Waals surface area contributed by atoms with E-state index in [0.717, 1.165) is 31.9 Å². The zero-order valence-corrected chi connectivity index (χ0v) is 17.1. The molecule has 1 amide bonds. The van der Waals surface area contributed by atoms with Gasteiger partial charge in [-0.05, 0) is 49.5 Å². The Hall–Kier alpha value is -3.72. The maximum Gasteiger partial charge on any atom is 0.263 e. The van der Waals surface area contributed by atoms with Crippen LogP contribution in [0.4, 0.5) is 27.1 Å². The maximum absolute atomic E-state index is 13.9. The highest BCUT2D eigenvalue weighted by Gasteiger charge is 2.18. The summed E-state index contributed by atoms with van der Waals surface area (Å²) >= 11 is 0. The van der Waals surface area contributed by atoms with Crippen LogP contribution in [-0.4, -0.2) is 54.0 Å². The number of H-pyrrole nitrogens is 1. The van der Waals surface area contributed by atoms with Crippen molar-refractivity contribution in [3.05, 3.63) is 76.7 Å². The van der Waals surface area contributed by atoms with Crippen LogP contribution in [0.1, 0.15) is 10.4 Å². The van der Waals surface area contributed by atoms with Gasteiger partial charge in [0.25, 0.3) is 11.5 Å². The third-order valence-corrected chi connectivity index (χ3v) is 5.21. The quantitative estimate of drug-likeness (QED) is 0.548. The van der Waals surface area contributed by atoms with Crippen molar-refractivity contribution in [1.29, 1.82) is 0 Å². The Morgan fingerprint density at radius 2 is 1.81 bits per heavy atom. The summed E-state index contributed by atoms with van der Waals surface area (Å²) in [5.74, 6) is -1.32. The SMILES string of the molecule is CN1CCN(c2ccc(NC(=O)c3c(Nc4cccnc4F)cc[nH]c3=O)cc2)CC1. The Kier molecular flexibility index (Phi) is 5.94. The fourth-order valence-electron chi connectivity index (χ4n) is 3.45. The largest absolute Gasteiger partial charge is 0.369 e. The number of amides is 1. The molecule has 3 aromatic rings. The molecule has 3 heterocycles. The molecule has 0 atom stereocenters. The van der Waals surface area contributed by atoms with E-state index in [1.165, 1.54) is 24.5 Å². The predicted octanol–water partition coefficient (Wildman–Crippen LogP) is 2.66. The molecule has 3 N–H and O–H groups in total. The van der Waals surface area contributed by atoms with Crippen molar-refractivity contribution in [1.82, 2.24) is 14.9 Å². The fourth-order valence-corrected chi connectivity index (χ4v) is 3.45. The van der Waals surface area contributed by atoms with Crippen LogP contribution in [0.5, 0.6) is 0 Å². The van der Waals surface area contributed by atoms with Gasteiger partial charge >= 0.3 is 0 Å². The van der Waals surface area contributed by atoms with Crippen molar-refractivity contribution in [3.63, 3.8) is 0 Å². The Morgan fingerprint density at radius 3 is 2.52 bits per heavy atom. The van der Waals surface area contributed by atoms with Crippen LogP contribution in [0.25, 0.3) is 0 Å². The zero-order chi connectivity index (χ0) is 21.8. The first-order valence-corrected chi connectivity index (χ1v) is 9.95. The van der Waals surface area contributed by atoms with Crippen LogP contribution >= 0.6 is 0 Å². The van der Waals surface area contributed by atoms with Crippen LogP contribution < -0.4 is 21.1 Å². The molecule has 1 aromatic carbocycles. The van der Waals surface area contributed by atoms with Gasteiger partial charge in [0, 0.05) is 49.9 Å². The molecule has 0 unspecified atom stereocenters.